The summed E-state index contributed by atoms with van der Waals surface area (Å²) < 4.78 is 0. The molecule has 3 N–H and O–H groups in total. The second-order valence-electron chi connectivity index (χ2n) is 8.84. The number of para-hydroxylation sites is 2. The van der Waals surface area contributed by atoms with Gasteiger partial charge in [0, 0.05) is 37.3 Å². The van der Waals surface area contributed by atoms with E-state index in [1.807, 2.05) is 69.2 Å². The maximum absolute atomic E-state index is 12.5. The number of carbonyl (C=O) groups excluding carboxylic acids is 1. The highest BCUT2D eigenvalue weighted by Crippen LogP contribution is 2.26. The van der Waals surface area contributed by atoms with Crippen LogP contribution in [0.2, 0.25) is 0 Å². The molecule has 1 heterocycles. The summed E-state index contributed by atoms with van der Waals surface area (Å²) in [6.45, 7) is 4.02. The lowest BCUT2D eigenvalue weighted by Gasteiger charge is -2.30. The molecular formula is C25H32N6O. The zero-order valence-corrected chi connectivity index (χ0v) is 19.3. The summed E-state index contributed by atoms with van der Waals surface area (Å²) >= 11 is 0. The van der Waals surface area contributed by atoms with Crippen molar-refractivity contribution >= 4 is 34.4 Å². The molecule has 4 rings (SSSR count). The van der Waals surface area contributed by atoms with E-state index in [-0.39, 0.29) is 12.1 Å². The summed E-state index contributed by atoms with van der Waals surface area (Å²) in [6, 6.07) is 14.4. The summed E-state index contributed by atoms with van der Waals surface area (Å²) in [7, 11) is 4.00. The number of benzene rings is 2. The van der Waals surface area contributed by atoms with E-state index in [9.17, 15) is 4.79 Å². The average molecular weight is 433 g/mol. The molecule has 7 heteroatoms. The third-order valence-corrected chi connectivity index (χ3v) is 6.12. The predicted molar refractivity (Wildman–Crippen MR) is 132 cm³/mol. The molecule has 32 heavy (non-hydrogen) atoms. The van der Waals surface area contributed by atoms with Gasteiger partial charge in [0.25, 0.3) is 0 Å². The van der Waals surface area contributed by atoms with Crippen LogP contribution in [0.4, 0.5) is 22.2 Å². The first-order valence-electron chi connectivity index (χ1n) is 11.2. The largest absolute Gasteiger partial charge is 0.362 e. The third-order valence-electron chi connectivity index (χ3n) is 6.12. The van der Waals surface area contributed by atoms with Crippen molar-refractivity contribution in [1.29, 1.82) is 0 Å². The lowest BCUT2D eigenvalue weighted by atomic mass is 9.91. The van der Waals surface area contributed by atoms with Gasteiger partial charge in [0.05, 0.1) is 5.52 Å². The van der Waals surface area contributed by atoms with E-state index in [0.717, 1.165) is 59.2 Å². The second kappa shape index (κ2) is 9.42. The monoisotopic (exact) mass is 432 g/mol. The number of nitrogens with one attached hydrogen (secondary N) is 3. The Hall–Kier alpha value is -3.35. The van der Waals surface area contributed by atoms with Crippen molar-refractivity contribution in [2.24, 2.45) is 0 Å². The molecule has 2 aromatic carbocycles. The Morgan fingerprint density at radius 3 is 2.25 bits per heavy atom. The minimum Gasteiger partial charge on any atom is -0.362 e. The van der Waals surface area contributed by atoms with Crippen molar-refractivity contribution in [3.63, 3.8) is 0 Å². The molecule has 1 aliphatic rings. The summed E-state index contributed by atoms with van der Waals surface area (Å²) in [6.07, 6.45) is 3.77. The maximum atomic E-state index is 12.5. The van der Waals surface area contributed by atoms with Gasteiger partial charge in [-0.1, -0.05) is 30.3 Å². The topological polar surface area (TPSA) is 82.2 Å². The Morgan fingerprint density at radius 2 is 1.56 bits per heavy atom. The number of aryl methyl sites for hydroxylation is 2. The van der Waals surface area contributed by atoms with Crippen LogP contribution >= 0.6 is 0 Å². The molecule has 1 aromatic heterocycles. The number of amides is 2. The minimum atomic E-state index is -0.132. The van der Waals surface area contributed by atoms with E-state index in [4.69, 9.17) is 9.97 Å². The van der Waals surface area contributed by atoms with Gasteiger partial charge in [-0.25, -0.2) is 9.78 Å². The van der Waals surface area contributed by atoms with Gasteiger partial charge >= 0.3 is 6.03 Å². The number of aromatic nitrogens is 2. The van der Waals surface area contributed by atoms with Crippen LogP contribution in [0.25, 0.3) is 10.9 Å². The van der Waals surface area contributed by atoms with Crippen molar-refractivity contribution in [2.75, 3.05) is 29.6 Å². The zero-order valence-electron chi connectivity index (χ0n) is 19.3. The van der Waals surface area contributed by atoms with Crippen LogP contribution in [0.3, 0.4) is 0 Å². The molecule has 7 nitrogen and oxygen atoms in total. The molecule has 0 radical (unpaired) electrons. The van der Waals surface area contributed by atoms with E-state index in [0.29, 0.717) is 12.0 Å². The molecule has 2 amide bonds. The number of anilines is 3. The Kier molecular flexibility index (Phi) is 6.44. The highest BCUT2D eigenvalue weighted by atomic mass is 16.2. The Bertz CT molecular complexity index is 1080. The van der Waals surface area contributed by atoms with Gasteiger partial charge in [0.1, 0.15) is 5.82 Å². The lowest BCUT2D eigenvalue weighted by molar-refractivity contribution is 0.243. The average Bonchev–Trinajstić information content (AvgIpc) is 2.77. The standard InChI is InChI=1S/C25H32N6O/c1-16-8-7-9-17(2)22(16)29-25(32)27-19-14-12-18(13-15-19)26-24-28-21-11-6-5-10-20(21)23(30-24)31(3)4/h5-11,18-19H,12-15H2,1-4H3,(H,26,28,30)(H2,27,29,32). The molecule has 1 aliphatic carbocycles. The smallest absolute Gasteiger partial charge is 0.319 e. The number of urea groups is 1. The lowest BCUT2D eigenvalue weighted by Crippen LogP contribution is -2.42. The van der Waals surface area contributed by atoms with E-state index in [2.05, 4.69) is 22.0 Å². The van der Waals surface area contributed by atoms with Crippen LogP contribution in [-0.2, 0) is 0 Å². The molecule has 0 spiro atoms. The fourth-order valence-electron chi connectivity index (χ4n) is 4.38. The first-order valence-corrected chi connectivity index (χ1v) is 11.2. The number of carbonyl (C=O) groups is 1. The molecule has 0 saturated heterocycles. The van der Waals surface area contributed by atoms with Gasteiger partial charge in [-0.2, -0.15) is 4.98 Å². The summed E-state index contributed by atoms with van der Waals surface area (Å²) in [5, 5.41) is 10.7. The van der Waals surface area contributed by atoms with Crippen molar-refractivity contribution in [3.05, 3.63) is 53.6 Å². The van der Waals surface area contributed by atoms with Gasteiger partial charge in [0.2, 0.25) is 5.95 Å². The van der Waals surface area contributed by atoms with Gasteiger partial charge in [-0.15, -0.1) is 0 Å². The third kappa shape index (κ3) is 4.93. The first-order chi connectivity index (χ1) is 15.4. The van der Waals surface area contributed by atoms with Gasteiger partial charge in [0.15, 0.2) is 0 Å². The Morgan fingerprint density at radius 1 is 0.906 bits per heavy atom. The minimum absolute atomic E-state index is 0.132. The van der Waals surface area contributed by atoms with Crippen molar-refractivity contribution in [1.82, 2.24) is 15.3 Å². The molecule has 0 unspecified atom stereocenters. The zero-order chi connectivity index (χ0) is 22.7. The highest BCUT2D eigenvalue weighted by Gasteiger charge is 2.23. The fraction of sp³-hybridized carbons (Fsp3) is 0.400. The normalized spacial score (nSPS) is 18.2. The first kappa shape index (κ1) is 21.9. The maximum Gasteiger partial charge on any atom is 0.319 e. The molecule has 0 atom stereocenters. The van der Waals surface area contributed by atoms with Crippen LogP contribution in [0, 0.1) is 13.8 Å². The fourth-order valence-corrected chi connectivity index (χ4v) is 4.38. The van der Waals surface area contributed by atoms with E-state index in [1.54, 1.807) is 0 Å². The predicted octanol–water partition coefficient (Wildman–Crippen LogP) is 4.86. The molecule has 168 valence electrons. The summed E-state index contributed by atoms with van der Waals surface area (Å²) in [4.78, 5) is 24.0. The molecule has 0 aliphatic heterocycles. The Balaban J connectivity index is 1.34. The quantitative estimate of drug-likeness (QED) is 0.536. The summed E-state index contributed by atoms with van der Waals surface area (Å²) in [5.74, 6) is 1.58. The number of rotatable bonds is 5. The summed E-state index contributed by atoms with van der Waals surface area (Å²) in [5.41, 5.74) is 3.97. The van der Waals surface area contributed by atoms with E-state index >= 15 is 0 Å². The molecule has 3 aromatic rings. The van der Waals surface area contributed by atoms with Crippen LogP contribution in [0.5, 0.6) is 0 Å². The van der Waals surface area contributed by atoms with Crippen molar-refractivity contribution < 1.29 is 4.79 Å². The van der Waals surface area contributed by atoms with E-state index < -0.39 is 0 Å². The molecule has 1 fully saturated rings. The molecule has 0 bridgehead atoms. The number of hydrogen-bond acceptors (Lipinski definition) is 5. The van der Waals surface area contributed by atoms with Crippen LogP contribution in [-0.4, -0.2) is 42.2 Å². The molecule has 1 saturated carbocycles. The van der Waals surface area contributed by atoms with Crippen LogP contribution < -0.4 is 20.9 Å². The van der Waals surface area contributed by atoms with Crippen LogP contribution in [0.1, 0.15) is 36.8 Å². The van der Waals surface area contributed by atoms with E-state index in [1.165, 1.54) is 0 Å². The second-order valence-corrected chi connectivity index (χ2v) is 8.84. The molecular weight excluding hydrogens is 400 g/mol. The van der Waals surface area contributed by atoms with Crippen molar-refractivity contribution in [2.45, 2.75) is 51.6 Å². The number of hydrogen-bond donors (Lipinski definition) is 3. The van der Waals surface area contributed by atoms with Crippen molar-refractivity contribution in [3.8, 4) is 0 Å². The van der Waals surface area contributed by atoms with Gasteiger partial charge in [-0.3, -0.25) is 0 Å². The van der Waals surface area contributed by atoms with Gasteiger partial charge in [-0.05, 0) is 62.8 Å². The Labute approximate surface area is 189 Å². The number of fused-ring (bicyclic) bond motifs is 1. The number of nitrogens with zero attached hydrogens (tertiary/aromatic N) is 3. The van der Waals surface area contributed by atoms with Gasteiger partial charge < -0.3 is 20.9 Å². The van der Waals surface area contributed by atoms with Crippen LogP contribution in [0.15, 0.2) is 42.5 Å². The highest BCUT2D eigenvalue weighted by molar-refractivity contribution is 5.91. The SMILES string of the molecule is Cc1cccc(C)c1NC(=O)NC1CCC(Nc2nc(N(C)C)c3ccccc3n2)CC1.